The third-order valence-electron chi connectivity index (χ3n) is 4.10. The molecule has 0 radical (unpaired) electrons. The van der Waals surface area contributed by atoms with E-state index in [0.29, 0.717) is 0 Å². The lowest BCUT2D eigenvalue weighted by molar-refractivity contribution is 0.199. The van der Waals surface area contributed by atoms with Gasteiger partial charge in [-0.15, -0.1) is 0 Å². The van der Waals surface area contributed by atoms with Crippen molar-refractivity contribution in [2.45, 2.75) is 68.9 Å². The van der Waals surface area contributed by atoms with E-state index in [-0.39, 0.29) is 10.9 Å². The fourth-order valence-electron chi connectivity index (χ4n) is 2.79. The summed E-state index contributed by atoms with van der Waals surface area (Å²) in [7, 11) is -3.46. The molecule has 1 aromatic carbocycles. The summed E-state index contributed by atoms with van der Waals surface area (Å²) in [6.07, 6.45) is 7.10. The molecule has 1 unspecified atom stereocenters. The van der Waals surface area contributed by atoms with Crippen molar-refractivity contribution in [1.82, 2.24) is 4.72 Å². The quantitative estimate of drug-likeness (QED) is 0.898. The second kappa shape index (κ2) is 7.38. The van der Waals surface area contributed by atoms with E-state index < -0.39 is 16.1 Å². The predicted molar refractivity (Wildman–Crippen MR) is 83.5 cm³/mol. The molecule has 0 amide bonds. The zero-order valence-electron chi connectivity index (χ0n) is 12.6. The molecule has 0 bridgehead atoms. The highest BCUT2D eigenvalue weighted by atomic mass is 32.2. The largest absolute Gasteiger partial charge is 0.389 e. The van der Waals surface area contributed by atoms with Gasteiger partial charge in [-0.05, 0) is 37.5 Å². The van der Waals surface area contributed by atoms with Crippen molar-refractivity contribution in [1.29, 1.82) is 0 Å². The zero-order valence-corrected chi connectivity index (χ0v) is 13.4. The Morgan fingerprint density at radius 3 is 2.10 bits per heavy atom. The van der Waals surface area contributed by atoms with Gasteiger partial charge in [0, 0.05) is 6.04 Å². The van der Waals surface area contributed by atoms with Crippen LogP contribution in [0, 0.1) is 0 Å². The fourth-order valence-corrected chi connectivity index (χ4v) is 4.09. The molecule has 1 atom stereocenters. The summed E-state index contributed by atoms with van der Waals surface area (Å²) in [6.45, 7) is 1.66. The molecule has 2 rings (SSSR count). The summed E-state index contributed by atoms with van der Waals surface area (Å²) >= 11 is 0. The van der Waals surface area contributed by atoms with E-state index in [4.69, 9.17) is 0 Å². The second-order valence-corrected chi connectivity index (χ2v) is 7.62. The van der Waals surface area contributed by atoms with E-state index in [1.165, 1.54) is 19.3 Å². The lowest BCUT2D eigenvalue weighted by Gasteiger charge is -2.21. The number of nitrogens with one attached hydrogen (secondary N) is 1. The topological polar surface area (TPSA) is 66.4 Å². The molecule has 4 nitrogen and oxygen atoms in total. The van der Waals surface area contributed by atoms with Crippen molar-refractivity contribution in [3.8, 4) is 0 Å². The summed E-state index contributed by atoms with van der Waals surface area (Å²) in [4.78, 5) is 0.272. The van der Waals surface area contributed by atoms with Gasteiger partial charge in [-0.3, -0.25) is 0 Å². The molecule has 118 valence electrons. The van der Waals surface area contributed by atoms with E-state index in [1.807, 2.05) is 0 Å². The Bertz CT molecular complexity index is 529. The SMILES string of the molecule is CC(O)c1ccc(S(=O)(=O)NC2CCCCCCC2)cc1. The predicted octanol–water partition coefficient (Wildman–Crippen LogP) is 3.13. The molecular formula is C16H25NO3S. The van der Waals surface area contributed by atoms with Crippen LogP contribution in [-0.2, 0) is 10.0 Å². The van der Waals surface area contributed by atoms with Gasteiger partial charge in [-0.25, -0.2) is 13.1 Å². The maximum Gasteiger partial charge on any atom is 0.240 e. The van der Waals surface area contributed by atoms with Gasteiger partial charge in [0.25, 0.3) is 0 Å². The van der Waals surface area contributed by atoms with Gasteiger partial charge in [0.2, 0.25) is 10.0 Å². The molecule has 1 aliphatic rings. The number of benzene rings is 1. The first-order valence-corrected chi connectivity index (χ1v) is 9.28. The highest BCUT2D eigenvalue weighted by Gasteiger charge is 2.20. The molecule has 0 aromatic heterocycles. The number of aliphatic hydroxyl groups is 1. The van der Waals surface area contributed by atoms with Crippen LogP contribution >= 0.6 is 0 Å². The van der Waals surface area contributed by atoms with Crippen molar-refractivity contribution in [2.75, 3.05) is 0 Å². The highest BCUT2D eigenvalue weighted by molar-refractivity contribution is 7.89. The number of aliphatic hydroxyl groups excluding tert-OH is 1. The molecule has 21 heavy (non-hydrogen) atoms. The van der Waals surface area contributed by atoms with Crippen LogP contribution in [0.5, 0.6) is 0 Å². The van der Waals surface area contributed by atoms with Crippen molar-refractivity contribution in [3.63, 3.8) is 0 Å². The molecule has 0 heterocycles. The van der Waals surface area contributed by atoms with Crippen molar-refractivity contribution < 1.29 is 13.5 Å². The average molecular weight is 311 g/mol. The van der Waals surface area contributed by atoms with Crippen LogP contribution in [0.2, 0.25) is 0 Å². The Morgan fingerprint density at radius 2 is 1.57 bits per heavy atom. The van der Waals surface area contributed by atoms with E-state index in [9.17, 15) is 13.5 Å². The molecule has 0 saturated heterocycles. The minimum atomic E-state index is -3.46. The molecule has 0 aliphatic heterocycles. The third kappa shape index (κ3) is 4.80. The monoisotopic (exact) mass is 311 g/mol. The molecule has 1 saturated carbocycles. The molecule has 1 aromatic rings. The molecule has 2 N–H and O–H groups in total. The van der Waals surface area contributed by atoms with Gasteiger partial charge in [0.05, 0.1) is 11.0 Å². The number of rotatable bonds is 4. The Hall–Kier alpha value is -0.910. The van der Waals surface area contributed by atoms with Gasteiger partial charge in [0.1, 0.15) is 0 Å². The first-order chi connectivity index (χ1) is 9.99. The first-order valence-electron chi connectivity index (χ1n) is 7.79. The second-order valence-electron chi connectivity index (χ2n) is 5.91. The molecule has 1 aliphatic carbocycles. The maximum atomic E-state index is 12.4. The summed E-state index contributed by atoms with van der Waals surface area (Å²) < 4.78 is 27.6. The summed E-state index contributed by atoms with van der Waals surface area (Å²) in [6, 6.07) is 6.50. The Kier molecular flexibility index (Phi) is 5.79. The molecular weight excluding hydrogens is 286 g/mol. The summed E-state index contributed by atoms with van der Waals surface area (Å²) in [5.74, 6) is 0. The minimum Gasteiger partial charge on any atom is -0.389 e. The van der Waals surface area contributed by atoms with Crippen molar-refractivity contribution in [3.05, 3.63) is 29.8 Å². The van der Waals surface area contributed by atoms with Gasteiger partial charge < -0.3 is 5.11 Å². The van der Waals surface area contributed by atoms with E-state index >= 15 is 0 Å². The normalized spacial score (nSPS) is 19.7. The van der Waals surface area contributed by atoms with Crippen LogP contribution < -0.4 is 4.72 Å². The smallest absolute Gasteiger partial charge is 0.240 e. The van der Waals surface area contributed by atoms with E-state index in [1.54, 1.807) is 31.2 Å². The standard InChI is InChI=1S/C16H25NO3S/c1-13(18)14-9-11-16(12-10-14)21(19,20)17-15-7-5-3-2-4-6-8-15/h9-13,15,17-18H,2-8H2,1H3. The molecule has 5 heteroatoms. The van der Waals surface area contributed by atoms with Gasteiger partial charge in [-0.1, -0.05) is 44.2 Å². The molecule has 1 fully saturated rings. The van der Waals surface area contributed by atoms with E-state index in [0.717, 1.165) is 31.2 Å². The zero-order chi connectivity index (χ0) is 15.3. The lowest BCUT2D eigenvalue weighted by Crippen LogP contribution is -2.35. The molecule has 0 spiro atoms. The Labute approximate surface area is 127 Å². The number of hydrogen-bond acceptors (Lipinski definition) is 3. The van der Waals surface area contributed by atoms with Gasteiger partial charge in [0.15, 0.2) is 0 Å². The van der Waals surface area contributed by atoms with Crippen molar-refractivity contribution in [2.24, 2.45) is 0 Å². The fraction of sp³-hybridized carbons (Fsp3) is 0.625. The van der Waals surface area contributed by atoms with Crippen LogP contribution in [0.1, 0.15) is 63.5 Å². The van der Waals surface area contributed by atoms with Crippen LogP contribution in [0.15, 0.2) is 29.2 Å². The Morgan fingerprint density at radius 1 is 1.05 bits per heavy atom. The lowest BCUT2D eigenvalue weighted by atomic mass is 9.97. The minimum absolute atomic E-state index is 0.0479. The van der Waals surface area contributed by atoms with E-state index in [2.05, 4.69) is 4.72 Å². The highest BCUT2D eigenvalue weighted by Crippen LogP contribution is 2.20. The average Bonchev–Trinajstić information content (AvgIpc) is 2.42. The number of hydrogen-bond donors (Lipinski definition) is 2. The maximum absolute atomic E-state index is 12.4. The van der Waals surface area contributed by atoms with Crippen LogP contribution in [-0.4, -0.2) is 19.6 Å². The third-order valence-corrected chi connectivity index (χ3v) is 5.64. The summed E-state index contributed by atoms with van der Waals surface area (Å²) in [5.41, 5.74) is 0.722. The van der Waals surface area contributed by atoms with Crippen LogP contribution in [0.4, 0.5) is 0 Å². The van der Waals surface area contributed by atoms with Gasteiger partial charge >= 0.3 is 0 Å². The summed E-state index contributed by atoms with van der Waals surface area (Å²) in [5, 5.41) is 9.47. The first kappa shape index (κ1) is 16.5. The number of sulfonamides is 1. The van der Waals surface area contributed by atoms with Crippen LogP contribution in [0.25, 0.3) is 0 Å². The Balaban J connectivity index is 2.06. The van der Waals surface area contributed by atoms with Gasteiger partial charge in [-0.2, -0.15) is 0 Å². The van der Waals surface area contributed by atoms with Crippen molar-refractivity contribution >= 4 is 10.0 Å². The van der Waals surface area contributed by atoms with Crippen LogP contribution in [0.3, 0.4) is 0 Å².